The molecule has 0 saturated carbocycles. The van der Waals surface area contributed by atoms with Crippen molar-refractivity contribution < 1.29 is 5.02 Å². The maximum atomic E-state index is 8.92. The maximum Gasteiger partial charge on any atom is 0.365 e. The molecule has 0 aliphatic carbocycles. The second kappa shape index (κ2) is 2.95. The Morgan fingerprint density at radius 1 is 1.56 bits per heavy atom. The zero-order valence-corrected chi connectivity index (χ0v) is 6.01. The van der Waals surface area contributed by atoms with Gasteiger partial charge in [0, 0.05) is 11.8 Å². The van der Waals surface area contributed by atoms with Crippen molar-refractivity contribution in [2.45, 2.75) is 0 Å². The van der Waals surface area contributed by atoms with E-state index in [1.807, 2.05) is 12.1 Å². The van der Waals surface area contributed by atoms with E-state index in [0.717, 1.165) is 0 Å². The number of pyridine rings is 1. The van der Waals surface area contributed by atoms with Crippen molar-refractivity contribution >= 4 is 21.3 Å². The van der Waals surface area contributed by atoms with Crippen molar-refractivity contribution in [1.82, 2.24) is 4.98 Å². The van der Waals surface area contributed by atoms with Gasteiger partial charge in [0.1, 0.15) is 0 Å². The van der Waals surface area contributed by atoms with Gasteiger partial charge in [0.15, 0.2) is 0 Å². The van der Waals surface area contributed by atoms with Gasteiger partial charge in [0.2, 0.25) is 0 Å². The van der Waals surface area contributed by atoms with E-state index in [9.17, 15) is 0 Å². The number of hydrogen-bond donors (Lipinski definition) is 1. The van der Waals surface area contributed by atoms with Crippen LogP contribution in [-0.4, -0.2) is 16.6 Å². The molecule has 0 aromatic carbocycles. The molecule has 0 spiro atoms. The molecule has 1 rings (SSSR count). The summed E-state index contributed by atoms with van der Waals surface area (Å²) in [7, 11) is 2.27. The summed E-state index contributed by atoms with van der Waals surface area (Å²) in [4.78, 5) is 3.91. The molecular weight excluding hydrogens is 132 g/mol. The first-order valence-corrected chi connectivity index (χ1v) is 3.32. The van der Waals surface area contributed by atoms with Crippen LogP contribution in [0.4, 0.5) is 0 Å². The number of aromatic nitrogens is 1. The van der Waals surface area contributed by atoms with Crippen LogP contribution in [0.15, 0.2) is 24.4 Å². The summed E-state index contributed by atoms with van der Waals surface area (Å²) in [5, 5.41) is 8.92. The summed E-state index contributed by atoms with van der Waals surface area (Å²) in [6, 6.07) is 5.43. The highest BCUT2D eigenvalue weighted by molar-refractivity contribution is 7.63. The largest absolute Gasteiger partial charge is 0.442 e. The van der Waals surface area contributed by atoms with Crippen molar-refractivity contribution in [1.29, 1.82) is 0 Å². The van der Waals surface area contributed by atoms with E-state index in [-0.39, 0.29) is 0 Å². The Labute approximate surface area is 56.6 Å². The highest BCUT2D eigenvalue weighted by Crippen LogP contribution is 1.87. The summed E-state index contributed by atoms with van der Waals surface area (Å²) >= 11 is 0. The fourth-order valence-electron chi connectivity index (χ4n) is 0.551. The molecule has 0 saturated heterocycles. The molecular formula is C5H7BNOP. The molecule has 0 amide bonds. The van der Waals surface area contributed by atoms with Crippen LogP contribution in [0.1, 0.15) is 0 Å². The number of rotatable bonds is 1. The quantitative estimate of drug-likeness (QED) is 0.425. The first-order chi connectivity index (χ1) is 4.30. The third-order valence-corrected chi connectivity index (χ3v) is 1.33. The normalized spacial score (nSPS) is 9.11. The molecule has 9 heavy (non-hydrogen) atoms. The van der Waals surface area contributed by atoms with E-state index in [2.05, 4.69) is 14.1 Å². The summed E-state index contributed by atoms with van der Waals surface area (Å²) in [5.74, 6) is 0. The first kappa shape index (κ1) is 6.72. The summed E-state index contributed by atoms with van der Waals surface area (Å²) in [6.45, 7) is -0.536. The zero-order chi connectivity index (χ0) is 6.69. The lowest BCUT2D eigenvalue weighted by atomic mass is 9.93. The van der Waals surface area contributed by atoms with Gasteiger partial charge in [0.25, 0.3) is 0 Å². The number of nitrogens with zero attached hydrogens (tertiary/aromatic N) is 1. The molecule has 0 radical (unpaired) electrons. The minimum absolute atomic E-state index is 0.536. The zero-order valence-electron chi connectivity index (χ0n) is 4.86. The van der Waals surface area contributed by atoms with Crippen LogP contribution in [0.5, 0.6) is 0 Å². The van der Waals surface area contributed by atoms with E-state index in [0.29, 0.717) is 5.59 Å². The van der Waals surface area contributed by atoms with Crippen LogP contribution in [0, 0.1) is 0 Å². The van der Waals surface area contributed by atoms with Gasteiger partial charge in [-0.25, -0.2) is 0 Å². The minimum Gasteiger partial charge on any atom is -0.442 e. The van der Waals surface area contributed by atoms with Crippen molar-refractivity contribution in [2.75, 3.05) is 0 Å². The molecule has 1 atom stereocenters. The fraction of sp³-hybridized carbons (Fsp3) is 0. The molecule has 0 fully saturated rings. The maximum absolute atomic E-state index is 8.92. The van der Waals surface area contributed by atoms with E-state index >= 15 is 0 Å². The van der Waals surface area contributed by atoms with E-state index in [1.165, 1.54) is 0 Å². The molecule has 0 bridgehead atoms. The summed E-state index contributed by atoms with van der Waals surface area (Å²) in [6.07, 6.45) is 1.66. The van der Waals surface area contributed by atoms with Crippen molar-refractivity contribution in [3.63, 3.8) is 0 Å². The summed E-state index contributed by atoms with van der Waals surface area (Å²) in [5.41, 5.74) is 0.683. The second-order valence-electron chi connectivity index (χ2n) is 1.70. The Morgan fingerprint density at radius 3 is 2.67 bits per heavy atom. The van der Waals surface area contributed by atoms with Crippen LogP contribution >= 0.6 is 9.12 Å². The van der Waals surface area contributed by atoms with Crippen LogP contribution in [0.25, 0.3) is 0 Å². The standard InChI is InChI=1S/C5H7BNOP/c8-6(9)5-3-1-2-4-7-5/h1-4,8H,9H2. The summed E-state index contributed by atoms with van der Waals surface area (Å²) < 4.78 is 0. The molecule has 1 heterocycles. The lowest BCUT2D eigenvalue weighted by Crippen LogP contribution is -2.25. The van der Waals surface area contributed by atoms with E-state index in [4.69, 9.17) is 5.02 Å². The average molecular weight is 139 g/mol. The van der Waals surface area contributed by atoms with Crippen LogP contribution in [-0.2, 0) is 0 Å². The molecule has 1 N–H and O–H groups in total. The lowest BCUT2D eigenvalue weighted by molar-refractivity contribution is 0.607. The van der Waals surface area contributed by atoms with Gasteiger partial charge in [-0.1, -0.05) is 6.07 Å². The Kier molecular flexibility index (Phi) is 2.20. The highest BCUT2D eigenvalue weighted by Gasteiger charge is 2.05. The van der Waals surface area contributed by atoms with Gasteiger partial charge in [-0.3, -0.25) is 4.98 Å². The Bertz CT molecular complexity index is 180. The lowest BCUT2D eigenvalue weighted by Gasteiger charge is -1.94. The number of hydrogen-bond acceptors (Lipinski definition) is 2. The van der Waals surface area contributed by atoms with E-state index < -0.39 is 6.64 Å². The smallest absolute Gasteiger partial charge is 0.365 e. The average Bonchev–Trinajstić information content (AvgIpc) is 1.90. The van der Waals surface area contributed by atoms with Crippen molar-refractivity contribution in [3.05, 3.63) is 24.4 Å². The van der Waals surface area contributed by atoms with Gasteiger partial charge in [-0.2, -0.15) is 0 Å². The first-order valence-electron chi connectivity index (χ1n) is 2.65. The Hall–Kier alpha value is -0.395. The Morgan fingerprint density at radius 2 is 2.33 bits per heavy atom. The fourth-order valence-corrected chi connectivity index (χ4v) is 0.748. The Balaban J connectivity index is 2.85. The second-order valence-corrected chi connectivity index (χ2v) is 2.33. The topological polar surface area (TPSA) is 33.1 Å². The molecule has 1 unspecified atom stereocenters. The highest BCUT2D eigenvalue weighted by atomic mass is 31.0. The van der Waals surface area contributed by atoms with Gasteiger partial charge >= 0.3 is 6.64 Å². The molecule has 1 aromatic rings. The van der Waals surface area contributed by atoms with Crippen LogP contribution < -0.4 is 5.59 Å². The molecule has 0 aliphatic rings. The van der Waals surface area contributed by atoms with Crippen molar-refractivity contribution in [3.8, 4) is 0 Å². The third kappa shape index (κ3) is 1.77. The van der Waals surface area contributed by atoms with Gasteiger partial charge in [-0.15, -0.1) is 9.12 Å². The van der Waals surface area contributed by atoms with Gasteiger partial charge in [0.05, 0.1) is 0 Å². The van der Waals surface area contributed by atoms with Crippen LogP contribution in [0.3, 0.4) is 0 Å². The molecule has 46 valence electrons. The van der Waals surface area contributed by atoms with Gasteiger partial charge in [-0.05, 0) is 12.1 Å². The molecule has 4 heteroatoms. The SMILES string of the molecule is OB(P)c1ccccn1. The monoisotopic (exact) mass is 139 g/mol. The van der Waals surface area contributed by atoms with Crippen LogP contribution in [0.2, 0.25) is 0 Å². The third-order valence-electron chi connectivity index (χ3n) is 0.991. The molecule has 0 aliphatic heterocycles. The minimum atomic E-state index is -0.536. The van der Waals surface area contributed by atoms with Gasteiger partial charge < -0.3 is 5.02 Å². The van der Waals surface area contributed by atoms with E-state index in [1.54, 1.807) is 12.3 Å². The molecule has 2 nitrogen and oxygen atoms in total. The molecule has 1 aromatic heterocycles. The van der Waals surface area contributed by atoms with Crippen molar-refractivity contribution in [2.24, 2.45) is 0 Å². The predicted molar refractivity (Wildman–Crippen MR) is 41.6 cm³/mol. The predicted octanol–water partition coefficient (Wildman–Crippen LogP) is -0.356.